The topological polar surface area (TPSA) is 76.7 Å². The molecular formula is C20H40N2O4. The van der Waals surface area contributed by atoms with E-state index in [9.17, 15) is 9.59 Å². The predicted molar refractivity (Wildman–Crippen MR) is 105 cm³/mol. The van der Waals surface area contributed by atoms with Crippen molar-refractivity contribution in [3.05, 3.63) is 0 Å². The second-order valence-corrected chi connectivity index (χ2v) is 6.83. The molecule has 0 atom stereocenters. The minimum absolute atomic E-state index is 0.321. The van der Waals surface area contributed by atoms with Crippen LogP contribution in [0.4, 0.5) is 9.59 Å². The lowest BCUT2D eigenvalue weighted by Crippen LogP contribution is -2.27. The molecule has 0 saturated carbocycles. The maximum absolute atomic E-state index is 11.5. The summed E-state index contributed by atoms with van der Waals surface area (Å²) in [4.78, 5) is 23.1. The Balaban J connectivity index is 3.45. The van der Waals surface area contributed by atoms with Crippen molar-refractivity contribution in [2.75, 3.05) is 26.3 Å². The van der Waals surface area contributed by atoms with Crippen LogP contribution >= 0.6 is 0 Å². The molecule has 0 aromatic carbocycles. The van der Waals surface area contributed by atoms with Gasteiger partial charge in [-0.2, -0.15) is 0 Å². The number of ether oxygens (including phenoxy) is 2. The van der Waals surface area contributed by atoms with Crippen LogP contribution in [0.3, 0.4) is 0 Å². The van der Waals surface area contributed by atoms with Crippen molar-refractivity contribution >= 4 is 12.2 Å². The van der Waals surface area contributed by atoms with Gasteiger partial charge in [-0.25, -0.2) is 9.59 Å². The number of alkyl carbamates (subject to hydrolysis) is 2. The molecule has 2 amide bonds. The van der Waals surface area contributed by atoms with Gasteiger partial charge in [-0.3, -0.25) is 0 Å². The van der Waals surface area contributed by atoms with Gasteiger partial charge in [0.25, 0.3) is 0 Å². The fourth-order valence-corrected chi connectivity index (χ4v) is 2.52. The van der Waals surface area contributed by atoms with Gasteiger partial charge in [0, 0.05) is 13.1 Å². The lowest BCUT2D eigenvalue weighted by Gasteiger charge is -2.13. The lowest BCUT2D eigenvalue weighted by molar-refractivity contribution is 0.123. The van der Waals surface area contributed by atoms with Crippen LogP contribution in [-0.2, 0) is 9.47 Å². The minimum atomic E-state index is -0.321. The quantitative estimate of drug-likeness (QED) is 0.402. The Morgan fingerprint density at radius 2 is 1.00 bits per heavy atom. The molecule has 6 heteroatoms. The molecule has 0 aromatic heterocycles. The number of carbonyl (C=O) groups is 2. The number of carbonyl (C=O) groups excluding carboxylic acids is 2. The summed E-state index contributed by atoms with van der Waals surface area (Å²) in [5, 5.41) is 5.57. The largest absolute Gasteiger partial charge is 0.449 e. The van der Waals surface area contributed by atoms with Crippen molar-refractivity contribution in [1.82, 2.24) is 10.6 Å². The van der Waals surface area contributed by atoms with Gasteiger partial charge in [0.1, 0.15) is 0 Å². The Kier molecular flexibility index (Phi) is 16.0. The van der Waals surface area contributed by atoms with Crippen molar-refractivity contribution in [1.29, 1.82) is 0 Å². The third kappa shape index (κ3) is 13.8. The van der Waals surface area contributed by atoms with E-state index < -0.39 is 0 Å². The molecular weight excluding hydrogens is 332 g/mol. The third-order valence-corrected chi connectivity index (χ3v) is 4.85. The number of amides is 2. The van der Waals surface area contributed by atoms with Crippen LogP contribution in [0.25, 0.3) is 0 Å². The van der Waals surface area contributed by atoms with Crippen LogP contribution in [-0.4, -0.2) is 38.5 Å². The Morgan fingerprint density at radius 3 is 1.31 bits per heavy atom. The summed E-state index contributed by atoms with van der Waals surface area (Å²) >= 11 is 0. The number of unbranched alkanes of at least 4 members (excludes halogenated alkanes) is 3. The number of rotatable bonds is 15. The van der Waals surface area contributed by atoms with Gasteiger partial charge < -0.3 is 20.1 Å². The maximum atomic E-state index is 11.5. The van der Waals surface area contributed by atoms with E-state index in [1.807, 2.05) is 0 Å². The summed E-state index contributed by atoms with van der Waals surface area (Å²) < 4.78 is 10.4. The van der Waals surface area contributed by atoms with E-state index in [2.05, 4.69) is 38.3 Å². The zero-order chi connectivity index (χ0) is 19.6. The minimum Gasteiger partial charge on any atom is -0.449 e. The predicted octanol–water partition coefficient (Wildman–Crippen LogP) is 4.87. The summed E-state index contributed by atoms with van der Waals surface area (Å²) in [6.45, 7) is 10.7. The van der Waals surface area contributed by atoms with Gasteiger partial charge >= 0.3 is 12.2 Å². The van der Waals surface area contributed by atoms with E-state index in [-0.39, 0.29) is 12.2 Å². The monoisotopic (exact) mass is 372 g/mol. The highest BCUT2D eigenvalue weighted by Gasteiger charge is 2.08. The maximum Gasteiger partial charge on any atom is 0.407 e. The van der Waals surface area contributed by atoms with E-state index in [1.54, 1.807) is 0 Å². The van der Waals surface area contributed by atoms with E-state index >= 15 is 0 Å². The van der Waals surface area contributed by atoms with Crippen LogP contribution < -0.4 is 10.6 Å². The molecule has 6 nitrogen and oxygen atoms in total. The highest BCUT2D eigenvalue weighted by molar-refractivity contribution is 5.67. The molecule has 0 bridgehead atoms. The standard InChI is InChI=1S/C20H40N2O4/c1-5-17(6-2)15-25-19(23)21-13-11-9-10-12-14-22-20(24)26-16-18(7-3)8-4/h17-18H,5-16H2,1-4H3,(H,21,23)(H,22,24). The molecule has 154 valence electrons. The zero-order valence-electron chi connectivity index (χ0n) is 17.3. The summed E-state index contributed by atoms with van der Waals surface area (Å²) in [5.74, 6) is 0.907. The van der Waals surface area contributed by atoms with Crippen molar-refractivity contribution in [2.45, 2.75) is 79.1 Å². The Bertz CT molecular complexity index is 322. The van der Waals surface area contributed by atoms with Gasteiger partial charge in [0.05, 0.1) is 13.2 Å². The van der Waals surface area contributed by atoms with Crippen LogP contribution in [0, 0.1) is 11.8 Å². The number of hydrogen-bond acceptors (Lipinski definition) is 4. The fraction of sp³-hybridized carbons (Fsp3) is 0.900. The summed E-state index contributed by atoms with van der Waals surface area (Å²) in [6.07, 6.45) is 7.34. The van der Waals surface area contributed by atoms with Gasteiger partial charge in [0.15, 0.2) is 0 Å². The molecule has 0 rings (SSSR count). The van der Waals surface area contributed by atoms with E-state index in [0.29, 0.717) is 38.1 Å². The first kappa shape index (κ1) is 24.5. The van der Waals surface area contributed by atoms with Crippen LogP contribution in [0.1, 0.15) is 79.1 Å². The average Bonchev–Trinajstić information content (AvgIpc) is 2.65. The molecule has 0 saturated heterocycles. The van der Waals surface area contributed by atoms with E-state index in [4.69, 9.17) is 9.47 Å². The molecule has 2 N–H and O–H groups in total. The van der Waals surface area contributed by atoms with Gasteiger partial charge in [-0.15, -0.1) is 0 Å². The van der Waals surface area contributed by atoms with Gasteiger partial charge in [0.2, 0.25) is 0 Å². The highest BCUT2D eigenvalue weighted by atomic mass is 16.6. The first-order valence-corrected chi connectivity index (χ1v) is 10.4. The lowest BCUT2D eigenvalue weighted by atomic mass is 10.1. The van der Waals surface area contributed by atoms with Crippen molar-refractivity contribution < 1.29 is 19.1 Å². The van der Waals surface area contributed by atoms with Crippen molar-refractivity contribution in [3.8, 4) is 0 Å². The fourth-order valence-electron chi connectivity index (χ4n) is 2.52. The normalized spacial score (nSPS) is 10.8. The molecule has 26 heavy (non-hydrogen) atoms. The summed E-state index contributed by atoms with van der Waals surface area (Å²) in [5.41, 5.74) is 0. The van der Waals surface area contributed by atoms with E-state index in [1.165, 1.54) is 0 Å². The SMILES string of the molecule is CCC(CC)COC(=O)NCCCCCCNC(=O)OCC(CC)CC. The molecule has 0 aromatic rings. The van der Waals surface area contributed by atoms with Crippen molar-refractivity contribution in [3.63, 3.8) is 0 Å². The first-order chi connectivity index (χ1) is 12.6. The molecule has 0 unspecified atom stereocenters. The second-order valence-electron chi connectivity index (χ2n) is 6.83. The van der Waals surface area contributed by atoms with Crippen molar-refractivity contribution in [2.24, 2.45) is 11.8 Å². The number of hydrogen-bond donors (Lipinski definition) is 2. The Morgan fingerprint density at radius 1 is 0.654 bits per heavy atom. The Labute approximate surface area is 159 Å². The molecule has 0 fully saturated rings. The molecule has 0 aliphatic carbocycles. The van der Waals surface area contributed by atoms with Gasteiger partial charge in [-0.1, -0.05) is 66.2 Å². The van der Waals surface area contributed by atoms with Crippen LogP contribution in [0.5, 0.6) is 0 Å². The zero-order valence-corrected chi connectivity index (χ0v) is 17.3. The van der Waals surface area contributed by atoms with Crippen LogP contribution in [0.15, 0.2) is 0 Å². The smallest absolute Gasteiger partial charge is 0.407 e. The summed E-state index contributed by atoms with van der Waals surface area (Å²) in [7, 11) is 0. The number of nitrogens with one attached hydrogen (secondary N) is 2. The second kappa shape index (κ2) is 17.0. The Hall–Kier alpha value is -1.46. The van der Waals surface area contributed by atoms with E-state index in [0.717, 1.165) is 51.4 Å². The highest BCUT2D eigenvalue weighted by Crippen LogP contribution is 2.08. The van der Waals surface area contributed by atoms with Gasteiger partial charge in [-0.05, 0) is 24.7 Å². The molecule has 0 heterocycles. The molecule has 0 radical (unpaired) electrons. The molecule has 0 aliphatic rings. The van der Waals surface area contributed by atoms with Crippen LogP contribution in [0.2, 0.25) is 0 Å². The molecule has 0 spiro atoms. The third-order valence-electron chi connectivity index (χ3n) is 4.85. The summed E-state index contributed by atoms with van der Waals surface area (Å²) in [6, 6.07) is 0. The molecule has 0 aliphatic heterocycles. The average molecular weight is 373 g/mol. The first-order valence-electron chi connectivity index (χ1n) is 10.4.